The predicted octanol–water partition coefficient (Wildman–Crippen LogP) is 2.00. The minimum Gasteiger partial charge on any atom is -0.447 e. The van der Waals surface area contributed by atoms with Gasteiger partial charge in [0, 0.05) is 52.9 Å². The second kappa shape index (κ2) is 18.8. The van der Waals surface area contributed by atoms with Crippen molar-refractivity contribution >= 4 is 48.0 Å². The van der Waals surface area contributed by atoms with E-state index in [-0.39, 0.29) is 41.6 Å². The molecule has 21 heteroatoms. The van der Waals surface area contributed by atoms with Gasteiger partial charge in [0.25, 0.3) is 15.9 Å². The summed E-state index contributed by atoms with van der Waals surface area (Å²) in [6.45, 7) is 0. The summed E-state index contributed by atoms with van der Waals surface area (Å²) in [6.07, 6.45) is 6.68. The minimum absolute atomic E-state index is 0.0404. The first kappa shape index (κ1) is 42.1. The Morgan fingerprint density at radius 2 is 1.24 bits per heavy atom. The number of sulfonamides is 1. The molecule has 5 N–H and O–H groups in total. The highest BCUT2D eigenvalue weighted by molar-refractivity contribution is 7.89. The first-order chi connectivity index (χ1) is 23.3. The molecule has 3 aromatic rings. The monoisotopic (exact) mass is 766 g/mol. The number of aryl methyl sites for hydroxylation is 2. The number of furan rings is 3. The van der Waals surface area contributed by atoms with Crippen molar-refractivity contribution in [2.45, 2.75) is 79.1 Å². The van der Waals surface area contributed by atoms with Gasteiger partial charge in [-0.2, -0.15) is 16.8 Å². The number of hydrogen-bond acceptors (Lipinski definition) is 12. The number of nitrogens with zero attached hydrogens (tertiary/aromatic N) is 1. The van der Waals surface area contributed by atoms with Crippen molar-refractivity contribution in [3.8, 4) is 0 Å². The van der Waals surface area contributed by atoms with Gasteiger partial charge in [-0.25, -0.2) is 13.1 Å². The van der Waals surface area contributed by atoms with Crippen LogP contribution in [0, 0.1) is 0 Å². The van der Waals surface area contributed by atoms with Crippen LogP contribution in [0.2, 0.25) is 0 Å². The van der Waals surface area contributed by atoms with Crippen molar-refractivity contribution in [3.63, 3.8) is 0 Å². The Morgan fingerprint density at radius 1 is 0.740 bits per heavy atom. The predicted molar refractivity (Wildman–Crippen MR) is 176 cm³/mol. The van der Waals surface area contributed by atoms with Gasteiger partial charge in [0.1, 0.15) is 11.5 Å². The topological polar surface area (TPSA) is 273 Å². The second-order valence-corrected chi connectivity index (χ2v) is 15.5. The molecule has 0 aromatic carbocycles. The molecule has 0 radical (unpaired) electrons. The normalized spacial score (nSPS) is 13.6. The average molecular weight is 767 g/mol. The van der Waals surface area contributed by atoms with Gasteiger partial charge in [0.2, 0.25) is 27.1 Å². The fourth-order valence-corrected chi connectivity index (χ4v) is 5.86. The molecule has 1 fully saturated rings. The van der Waals surface area contributed by atoms with Crippen molar-refractivity contribution in [2.24, 2.45) is 0 Å². The van der Waals surface area contributed by atoms with Crippen molar-refractivity contribution in [1.82, 2.24) is 20.3 Å². The summed E-state index contributed by atoms with van der Waals surface area (Å²) in [6, 6.07) is 8.00. The standard InChI is InChI=1S/C13H19NO5S.C9H13NO5S.C7H10N2O4S/c15-12(14-10-4-2-1-3-5-10)8-6-11-7-9-13(19-11)20(16,17)18;1-10(2)8(11)5-3-7-4-6-9(15-7)16(12,13)14;1-8-7(10)5-3-4-6(13-5)14(11,12)9-2/h7,9-10H,1-6,8H2,(H,14,15)(H,16,17,18);4,6H,3,5H2,1-2H3,(H,12,13,14);3-4,9H,1-2H3,(H,8,10). The maximum atomic E-state index is 11.8. The summed E-state index contributed by atoms with van der Waals surface area (Å²) in [5.41, 5.74) is 0. The quantitative estimate of drug-likeness (QED) is 0.165. The molecule has 0 saturated heterocycles. The Bertz CT molecular complexity index is 1900. The summed E-state index contributed by atoms with van der Waals surface area (Å²) < 4.78 is 99.6. The highest BCUT2D eigenvalue weighted by Crippen LogP contribution is 2.19. The third kappa shape index (κ3) is 14.1. The Morgan fingerprint density at radius 3 is 1.68 bits per heavy atom. The molecular weight excluding hydrogens is 725 g/mol. The maximum absolute atomic E-state index is 11.8. The van der Waals surface area contributed by atoms with Crippen LogP contribution in [0.25, 0.3) is 0 Å². The summed E-state index contributed by atoms with van der Waals surface area (Å²) in [5.74, 6) is 0.0784. The van der Waals surface area contributed by atoms with Crippen LogP contribution in [0.1, 0.15) is 67.0 Å². The lowest BCUT2D eigenvalue weighted by atomic mass is 9.95. The van der Waals surface area contributed by atoms with E-state index in [4.69, 9.17) is 22.4 Å². The Hall–Kier alpha value is -4.02. The molecule has 3 aromatic heterocycles. The van der Waals surface area contributed by atoms with E-state index in [1.165, 1.54) is 55.7 Å². The number of nitrogens with one attached hydrogen (secondary N) is 3. The molecule has 0 atom stereocenters. The lowest BCUT2D eigenvalue weighted by Crippen LogP contribution is -2.36. The lowest BCUT2D eigenvalue weighted by molar-refractivity contribution is -0.128. The summed E-state index contributed by atoms with van der Waals surface area (Å²) in [5, 5.41) is 4.03. The van der Waals surface area contributed by atoms with Gasteiger partial charge in [-0.1, -0.05) is 19.3 Å². The zero-order valence-electron chi connectivity index (χ0n) is 27.9. The second-order valence-electron chi connectivity index (χ2n) is 11.0. The van der Waals surface area contributed by atoms with Crippen LogP contribution in [-0.4, -0.2) is 91.2 Å². The maximum Gasteiger partial charge on any atom is 0.328 e. The number of hydrogen-bond donors (Lipinski definition) is 5. The number of carbonyl (C=O) groups is 3. The third-order valence-electron chi connectivity index (χ3n) is 7.00. The molecule has 4 rings (SSSR count). The van der Waals surface area contributed by atoms with E-state index >= 15 is 0 Å². The molecule has 1 aliphatic rings. The van der Waals surface area contributed by atoms with Crippen molar-refractivity contribution in [2.75, 3.05) is 28.2 Å². The highest BCUT2D eigenvalue weighted by atomic mass is 32.2. The Kier molecular flexibility index (Phi) is 15.9. The average Bonchev–Trinajstić information content (AvgIpc) is 3.84. The van der Waals surface area contributed by atoms with Crippen LogP contribution in [0.5, 0.6) is 0 Å². The molecule has 1 saturated carbocycles. The van der Waals surface area contributed by atoms with Gasteiger partial charge in [-0.05, 0) is 56.3 Å². The van der Waals surface area contributed by atoms with Gasteiger partial charge in [0.15, 0.2) is 5.76 Å². The van der Waals surface area contributed by atoms with E-state index in [2.05, 4.69) is 15.4 Å². The van der Waals surface area contributed by atoms with Crippen molar-refractivity contribution in [1.29, 1.82) is 0 Å². The molecule has 1 aliphatic carbocycles. The van der Waals surface area contributed by atoms with E-state index in [9.17, 15) is 39.6 Å². The number of rotatable bonds is 12. The Balaban J connectivity index is 0.000000265. The van der Waals surface area contributed by atoms with E-state index < -0.39 is 46.4 Å². The van der Waals surface area contributed by atoms with Crippen LogP contribution in [0.4, 0.5) is 0 Å². The third-order valence-corrected chi connectivity index (χ3v) is 9.74. The van der Waals surface area contributed by atoms with Crippen molar-refractivity contribution in [3.05, 3.63) is 53.7 Å². The molecule has 50 heavy (non-hydrogen) atoms. The lowest BCUT2D eigenvalue weighted by Gasteiger charge is -2.22. The van der Waals surface area contributed by atoms with Gasteiger partial charge in [-0.3, -0.25) is 23.5 Å². The van der Waals surface area contributed by atoms with Gasteiger partial charge in [0.05, 0.1) is 0 Å². The van der Waals surface area contributed by atoms with Gasteiger partial charge < -0.3 is 28.8 Å². The molecular formula is C29H42N4O14S3. The smallest absolute Gasteiger partial charge is 0.328 e. The molecule has 0 spiro atoms. The van der Waals surface area contributed by atoms with Crippen LogP contribution in [0.3, 0.4) is 0 Å². The number of amides is 3. The fourth-order valence-electron chi connectivity index (χ4n) is 4.31. The zero-order valence-corrected chi connectivity index (χ0v) is 30.3. The van der Waals surface area contributed by atoms with Crippen molar-refractivity contribution < 1.29 is 62.0 Å². The SMILES string of the molecule is CN(C)C(=O)CCc1ccc(S(=O)(=O)O)o1.CNC(=O)c1ccc(S(=O)(=O)NC)o1.O=C(CCc1ccc(S(=O)(=O)O)o1)NC1CCCCC1. The fraction of sp³-hybridized carbons (Fsp3) is 0.483. The first-order valence-electron chi connectivity index (χ1n) is 15.1. The number of carbonyl (C=O) groups excluding carboxylic acids is 3. The summed E-state index contributed by atoms with van der Waals surface area (Å²) >= 11 is 0. The van der Waals surface area contributed by atoms with E-state index in [1.54, 1.807) is 14.1 Å². The summed E-state index contributed by atoms with van der Waals surface area (Å²) in [4.78, 5) is 35.5. The molecule has 3 heterocycles. The Labute approximate surface area is 290 Å². The molecule has 280 valence electrons. The van der Waals surface area contributed by atoms with Crippen LogP contribution < -0.4 is 15.4 Å². The molecule has 0 unspecified atom stereocenters. The molecule has 18 nitrogen and oxygen atoms in total. The van der Waals surface area contributed by atoms with Crippen LogP contribution in [0.15, 0.2) is 64.9 Å². The first-order valence-corrected chi connectivity index (χ1v) is 19.5. The van der Waals surface area contributed by atoms with E-state index in [1.807, 2.05) is 0 Å². The molecule has 3 amide bonds. The van der Waals surface area contributed by atoms with Gasteiger partial charge in [-0.15, -0.1) is 0 Å². The summed E-state index contributed by atoms with van der Waals surface area (Å²) in [7, 11) is -6.27. The molecule has 0 aliphatic heterocycles. The van der Waals surface area contributed by atoms with Crippen LogP contribution >= 0.6 is 0 Å². The highest BCUT2D eigenvalue weighted by Gasteiger charge is 2.20. The largest absolute Gasteiger partial charge is 0.447 e. The van der Waals surface area contributed by atoms with Gasteiger partial charge >= 0.3 is 20.2 Å². The van der Waals surface area contributed by atoms with E-state index in [0.29, 0.717) is 24.4 Å². The van der Waals surface area contributed by atoms with Crippen LogP contribution in [-0.2, 0) is 52.7 Å². The van der Waals surface area contributed by atoms with E-state index in [0.717, 1.165) is 31.7 Å². The zero-order chi connectivity index (χ0) is 37.7. The minimum atomic E-state index is -4.31. The molecule has 0 bridgehead atoms.